The summed E-state index contributed by atoms with van der Waals surface area (Å²) in [4.78, 5) is 12.2. The van der Waals surface area contributed by atoms with Gasteiger partial charge in [0.1, 0.15) is 12.3 Å². The molecule has 1 amide bonds. The van der Waals surface area contributed by atoms with Crippen LogP contribution in [0.4, 0.5) is 20.2 Å². The number of amides is 1. The zero-order valence-corrected chi connectivity index (χ0v) is 15.0. The van der Waals surface area contributed by atoms with Crippen molar-refractivity contribution in [1.82, 2.24) is 0 Å². The van der Waals surface area contributed by atoms with Gasteiger partial charge in [-0.1, -0.05) is 6.07 Å². The molecule has 0 aliphatic heterocycles. The van der Waals surface area contributed by atoms with Crippen LogP contribution in [0.2, 0.25) is 0 Å². The molecule has 0 fully saturated rings. The first kappa shape index (κ1) is 19.6. The van der Waals surface area contributed by atoms with Gasteiger partial charge in [-0.3, -0.25) is 9.10 Å². The number of carbonyl (C=O) groups excluding carboxylic acids is 1. The van der Waals surface area contributed by atoms with E-state index in [0.29, 0.717) is 12.4 Å². The highest BCUT2D eigenvalue weighted by atomic mass is 32.2. The first-order valence-electron chi connectivity index (χ1n) is 7.66. The Morgan fingerprint density at radius 2 is 1.88 bits per heavy atom. The third-order valence-corrected chi connectivity index (χ3v) is 4.45. The SMILES string of the molecule is CCOc1cccc(N(CC(=O)Nc2ccc(F)c(F)c2)S(C)(=O)=O)c1. The fourth-order valence-electron chi connectivity index (χ4n) is 2.20. The van der Waals surface area contributed by atoms with E-state index in [9.17, 15) is 22.0 Å². The minimum atomic E-state index is -3.77. The maximum absolute atomic E-state index is 13.2. The number of nitrogens with one attached hydrogen (secondary N) is 1. The van der Waals surface area contributed by atoms with Crippen LogP contribution in [0.15, 0.2) is 42.5 Å². The third kappa shape index (κ3) is 5.16. The standard InChI is InChI=1S/C17H18F2N2O4S/c1-3-25-14-6-4-5-13(10-14)21(26(2,23)24)11-17(22)20-12-7-8-15(18)16(19)9-12/h4-10H,3,11H2,1-2H3,(H,20,22). The predicted octanol–water partition coefficient (Wildman–Crippen LogP) is 2.77. The minimum Gasteiger partial charge on any atom is -0.494 e. The Morgan fingerprint density at radius 3 is 2.50 bits per heavy atom. The minimum absolute atomic E-state index is 0.0189. The second kappa shape index (κ2) is 8.13. The fraction of sp³-hybridized carbons (Fsp3) is 0.235. The summed E-state index contributed by atoms with van der Waals surface area (Å²) in [5.74, 6) is -2.41. The number of anilines is 2. The summed E-state index contributed by atoms with van der Waals surface area (Å²) in [6.07, 6.45) is 0.963. The van der Waals surface area contributed by atoms with Crippen molar-refractivity contribution >= 4 is 27.3 Å². The molecule has 0 unspecified atom stereocenters. The molecule has 0 aliphatic rings. The second-order valence-corrected chi connectivity index (χ2v) is 7.28. The normalized spacial score (nSPS) is 11.1. The number of hydrogen-bond donors (Lipinski definition) is 1. The third-order valence-electron chi connectivity index (χ3n) is 3.31. The van der Waals surface area contributed by atoms with Crippen LogP contribution in [-0.4, -0.2) is 33.7 Å². The number of hydrogen-bond acceptors (Lipinski definition) is 4. The van der Waals surface area contributed by atoms with Gasteiger partial charge in [0.2, 0.25) is 15.9 Å². The molecular weight excluding hydrogens is 366 g/mol. The van der Waals surface area contributed by atoms with Gasteiger partial charge in [0.15, 0.2) is 11.6 Å². The Labute approximate surface area is 150 Å². The first-order chi connectivity index (χ1) is 12.2. The van der Waals surface area contributed by atoms with Crippen LogP contribution in [0.3, 0.4) is 0 Å². The van der Waals surface area contributed by atoms with E-state index in [1.54, 1.807) is 19.1 Å². The van der Waals surface area contributed by atoms with Gasteiger partial charge in [0.25, 0.3) is 0 Å². The number of carbonyl (C=O) groups is 1. The molecule has 2 aromatic rings. The van der Waals surface area contributed by atoms with Crippen LogP contribution >= 0.6 is 0 Å². The summed E-state index contributed by atoms with van der Waals surface area (Å²) in [5, 5.41) is 2.34. The molecule has 0 heterocycles. The molecule has 0 bridgehead atoms. The molecule has 9 heteroatoms. The maximum Gasteiger partial charge on any atom is 0.245 e. The lowest BCUT2D eigenvalue weighted by atomic mass is 10.3. The summed E-state index contributed by atoms with van der Waals surface area (Å²) in [7, 11) is -3.77. The molecule has 0 radical (unpaired) electrons. The molecule has 1 N–H and O–H groups in total. The van der Waals surface area contributed by atoms with Crippen molar-refractivity contribution in [3.63, 3.8) is 0 Å². The van der Waals surface area contributed by atoms with Crippen molar-refractivity contribution in [3.8, 4) is 5.75 Å². The monoisotopic (exact) mass is 384 g/mol. The Morgan fingerprint density at radius 1 is 1.15 bits per heavy atom. The molecular formula is C17H18F2N2O4S. The highest BCUT2D eigenvalue weighted by Crippen LogP contribution is 2.23. The van der Waals surface area contributed by atoms with Crippen LogP contribution in [0.5, 0.6) is 5.75 Å². The van der Waals surface area contributed by atoms with Gasteiger partial charge in [-0.25, -0.2) is 17.2 Å². The Bertz CT molecular complexity index is 903. The van der Waals surface area contributed by atoms with Crippen molar-refractivity contribution < 1.29 is 26.7 Å². The molecule has 0 aromatic heterocycles. The van der Waals surface area contributed by atoms with Crippen molar-refractivity contribution in [3.05, 3.63) is 54.1 Å². The van der Waals surface area contributed by atoms with Crippen molar-refractivity contribution in [2.45, 2.75) is 6.92 Å². The van der Waals surface area contributed by atoms with Gasteiger partial charge < -0.3 is 10.1 Å². The van der Waals surface area contributed by atoms with E-state index < -0.39 is 34.1 Å². The summed E-state index contributed by atoms with van der Waals surface area (Å²) < 4.78 is 56.5. The van der Waals surface area contributed by atoms with Gasteiger partial charge in [-0.2, -0.15) is 0 Å². The number of halogens is 2. The van der Waals surface area contributed by atoms with E-state index in [4.69, 9.17) is 4.74 Å². The van der Waals surface area contributed by atoms with Crippen LogP contribution < -0.4 is 14.4 Å². The number of nitrogens with zero attached hydrogens (tertiary/aromatic N) is 1. The summed E-state index contributed by atoms with van der Waals surface area (Å²) >= 11 is 0. The number of ether oxygens (including phenoxy) is 1. The Kier molecular flexibility index (Phi) is 6.14. The summed E-state index contributed by atoms with van der Waals surface area (Å²) in [6, 6.07) is 9.14. The predicted molar refractivity (Wildman–Crippen MR) is 94.8 cm³/mol. The number of rotatable bonds is 7. The lowest BCUT2D eigenvalue weighted by molar-refractivity contribution is -0.114. The van der Waals surface area contributed by atoms with Crippen LogP contribution in [0, 0.1) is 11.6 Å². The molecule has 26 heavy (non-hydrogen) atoms. The van der Waals surface area contributed by atoms with Gasteiger partial charge in [0.05, 0.1) is 18.6 Å². The molecule has 2 rings (SSSR count). The van der Waals surface area contributed by atoms with Crippen molar-refractivity contribution in [2.24, 2.45) is 0 Å². The van der Waals surface area contributed by atoms with E-state index >= 15 is 0 Å². The lowest BCUT2D eigenvalue weighted by Gasteiger charge is -2.22. The largest absolute Gasteiger partial charge is 0.494 e. The zero-order valence-electron chi connectivity index (χ0n) is 14.2. The average molecular weight is 384 g/mol. The molecule has 0 saturated carbocycles. The van der Waals surface area contributed by atoms with Crippen LogP contribution in [0.25, 0.3) is 0 Å². The van der Waals surface area contributed by atoms with Gasteiger partial charge in [-0.15, -0.1) is 0 Å². The molecule has 0 atom stereocenters. The summed E-state index contributed by atoms with van der Waals surface area (Å²) in [5.41, 5.74) is 0.268. The van der Waals surface area contributed by atoms with Crippen molar-refractivity contribution in [1.29, 1.82) is 0 Å². The molecule has 0 saturated heterocycles. The highest BCUT2D eigenvalue weighted by molar-refractivity contribution is 7.92. The van der Waals surface area contributed by atoms with E-state index in [2.05, 4.69) is 5.32 Å². The fourth-order valence-corrected chi connectivity index (χ4v) is 3.05. The van der Waals surface area contributed by atoms with Crippen LogP contribution in [-0.2, 0) is 14.8 Å². The Balaban J connectivity index is 2.21. The average Bonchev–Trinajstić information content (AvgIpc) is 2.55. The quantitative estimate of drug-likeness (QED) is 0.797. The number of sulfonamides is 1. The topological polar surface area (TPSA) is 75.7 Å². The van der Waals surface area contributed by atoms with Gasteiger partial charge >= 0.3 is 0 Å². The maximum atomic E-state index is 13.2. The van der Waals surface area contributed by atoms with Gasteiger partial charge in [-0.05, 0) is 31.2 Å². The van der Waals surface area contributed by atoms with E-state index in [-0.39, 0.29) is 11.4 Å². The lowest BCUT2D eigenvalue weighted by Crippen LogP contribution is -2.37. The molecule has 0 aliphatic carbocycles. The first-order valence-corrected chi connectivity index (χ1v) is 9.51. The smallest absolute Gasteiger partial charge is 0.245 e. The van der Waals surface area contributed by atoms with Crippen molar-refractivity contribution in [2.75, 3.05) is 29.0 Å². The molecule has 2 aromatic carbocycles. The molecule has 6 nitrogen and oxygen atoms in total. The van der Waals surface area contributed by atoms with E-state index in [1.807, 2.05) is 0 Å². The van der Waals surface area contributed by atoms with E-state index in [1.165, 1.54) is 18.2 Å². The second-order valence-electron chi connectivity index (χ2n) is 5.38. The summed E-state index contributed by atoms with van der Waals surface area (Å²) in [6.45, 7) is 1.66. The van der Waals surface area contributed by atoms with E-state index in [0.717, 1.165) is 22.7 Å². The van der Waals surface area contributed by atoms with Gasteiger partial charge in [0, 0.05) is 17.8 Å². The Hall–Kier alpha value is -2.68. The highest BCUT2D eigenvalue weighted by Gasteiger charge is 2.21. The molecule has 140 valence electrons. The molecule has 0 spiro atoms. The van der Waals surface area contributed by atoms with Crippen LogP contribution in [0.1, 0.15) is 6.92 Å². The number of benzene rings is 2. The zero-order chi connectivity index (χ0) is 19.3.